The predicted octanol–water partition coefficient (Wildman–Crippen LogP) is 7.57. The van der Waals surface area contributed by atoms with Crippen molar-refractivity contribution in [3.63, 3.8) is 0 Å². The van der Waals surface area contributed by atoms with Crippen LogP contribution in [0.2, 0.25) is 0 Å². The minimum atomic E-state index is -0.457. The molecule has 0 aliphatic heterocycles. The Hall–Kier alpha value is -2.29. The standard InChI is InChI=1S/4C11H20O2.Hf/c4*1-10(2,3)8(12)7-9(13)11(4,5)6;/h4*7,12H,1-6H3;/q;;;;+4/p-4. The zero-order valence-electron chi connectivity index (χ0n) is 38.1. The van der Waals surface area contributed by atoms with Crippen LogP contribution in [0.25, 0.3) is 0 Å². The Kier molecular flexibility index (Phi) is 24.6. The Morgan fingerprint density at radius 2 is 0.358 bits per heavy atom. The number of allylic oxidation sites excluding steroid dienone is 8. The molecule has 0 saturated carbocycles. The van der Waals surface area contributed by atoms with Crippen LogP contribution in [0.1, 0.15) is 166 Å². The normalized spacial score (nSPS) is 14.2. The van der Waals surface area contributed by atoms with Gasteiger partial charge >= 0.3 is 25.8 Å². The largest absolute Gasteiger partial charge is 4.00 e. The van der Waals surface area contributed by atoms with Gasteiger partial charge in [0.1, 0.15) is 0 Å². The molecule has 0 bridgehead atoms. The van der Waals surface area contributed by atoms with Gasteiger partial charge in [0.25, 0.3) is 0 Å². The summed E-state index contributed by atoms with van der Waals surface area (Å²) in [5.41, 5.74) is -3.66. The van der Waals surface area contributed by atoms with E-state index in [1.807, 2.05) is 166 Å². The fraction of sp³-hybridized carbons (Fsp3) is 0.727. The van der Waals surface area contributed by atoms with E-state index in [2.05, 4.69) is 0 Å². The quantitative estimate of drug-likeness (QED) is 0.159. The summed E-state index contributed by atoms with van der Waals surface area (Å²) in [7, 11) is 0. The molecule has 0 aromatic rings. The molecular formula is C44H76HfO8. The van der Waals surface area contributed by atoms with Crippen LogP contribution in [0, 0.1) is 43.3 Å². The van der Waals surface area contributed by atoms with Gasteiger partial charge in [-0.05, 0) is 46.0 Å². The third-order valence-corrected chi connectivity index (χ3v) is 6.96. The molecule has 8 nitrogen and oxygen atoms in total. The van der Waals surface area contributed by atoms with Crippen LogP contribution in [0.4, 0.5) is 0 Å². The molecule has 0 radical (unpaired) electrons. The van der Waals surface area contributed by atoms with E-state index < -0.39 is 43.3 Å². The third-order valence-electron chi connectivity index (χ3n) is 6.96. The first-order valence-corrected chi connectivity index (χ1v) is 17.9. The third kappa shape index (κ3) is 29.7. The molecule has 0 atom stereocenters. The second-order valence-electron chi connectivity index (χ2n) is 21.5. The van der Waals surface area contributed by atoms with Crippen LogP contribution < -0.4 is 20.4 Å². The molecule has 9 heteroatoms. The van der Waals surface area contributed by atoms with Gasteiger partial charge in [0.05, 0.1) is 0 Å². The van der Waals surface area contributed by atoms with Gasteiger partial charge in [-0.15, -0.1) is 23.0 Å². The molecule has 0 saturated heterocycles. The summed E-state index contributed by atoms with van der Waals surface area (Å²) in [6.45, 7) is 43.4. The molecule has 304 valence electrons. The molecule has 0 heterocycles. The van der Waals surface area contributed by atoms with Crippen molar-refractivity contribution in [3.05, 3.63) is 47.3 Å². The molecule has 0 aliphatic carbocycles. The van der Waals surface area contributed by atoms with Gasteiger partial charge < -0.3 is 20.4 Å². The summed E-state index contributed by atoms with van der Waals surface area (Å²) < 4.78 is 0. The Labute approximate surface area is 343 Å². The summed E-state index contributed by atoms with van der Waals surface area (Å²) in [6, 6.07) is 0. The molecular weight excluding hydrogens is 835 g/mol. The van der Waals surface area contributed by atoms with E-state index in [1.165, 1.54) is 24.3 Å². The average Bonchev–Trinajstić information content (AvgIpc) is 2.85. The van der Waals surface area contributed by atoms with Crippen molar-refractivity contribution in [2.45, 2.75) is 166 Å². The van der Waals surface area contributed by atoms with E-state index in [0.29, 0.717) is 0 Å². The van der Waals surface area contributed by atoms with Gasteiger partial charge in [-0.25, -0.2) is 0 Å². The average molecular weight is 912 g/mol. The van der Waals surface area contributed by atoms with Crippen molar-refractivity contribution in [1.29, 1.82) is 0 Å². The van der Waals surface area contributed by atoms with Gasteiger partial charge in [-0.3, -0.25) is 19.2 Å². The van der Waals surface area contributed by atoms with E-state index >= 15 is 0 Å². The molecule has 0 N–H and O–H groups in total. The predicted molar refractivity (Wildman–Crippen MR) is 208 cm³/mol. The van der Waals surface area contributed by atoms with Crippen molar-refractivity contribution in [2.75, 3.05) is 0 Å². The molecule has 0 amide bonds. The zero-order chi connectivity index (χ0) is 43.4. The smallest absolute Gasteiger partial charge is 0.875 e. The van der Waals surface area contributed by atoms with Crippen molar-refractivity contribution >= 4 is 23.1 Å². The number of carbonyl (C=O) groups excluding carboxylic acids is 4. The number of ketones is 4. The molecule has 53 heavy (non-hydrogen) atoms. The van der Waals surface area contributed by atoms with E-state index in [9.17, 15) is 39.6 Å². The van der Waals surface area contributed by atoms with Crippen LogP contribution in [-0.4, -0.2) is 23.1 Å². The molecule has 0 fully saturated rings. The zero-order valence-corrected chi connectivity index (χ0v) is 41.7. The first kappa shape index (κ1) is 60.0. The monoisotopic (exact) mass is 913 g/mol. The summed E-state index contributed by atoms with van der Waals surface area (Å²) in [5.74, 6) is -0.834. The fourth-order valence-electron chi connectivity index (χ4n) is 2.21. The van der Waals surface area contributed by atoms with Crippen molar-refractivity contribution in [1.82, 2.24) is 0 Å². The fourth-order valence-corrected chi connectivity index (χ4v) is 2.21. The molecule has 0 aliphatic rings. The van der Waals surface area contributed by atoms with Crippen LogP contribution in [-0.2, 0) is 45.0 Å². The second-order valence-corrected chi connectivity index (χ2v) is 21.5. The van der Waals surface area contributed by atoms with Gasteiger partial charge in [-0.2, -0.15) is 0 Å². The maximum atomic E-state index is 11.4. The Morgan fingerprint density at radius 3 is 0.415 bits per heavy atom. The second kappa shape index (κ2) is 21.7. The number of rotatable bonds is 4. The van der Waals surface area contributed by atoms with E-state index in [1.54, 1.807) is 0 Å². The van der Waals surface area contributed by atoms with Crippen LogP contribution in [0.5, 0.6) is 0 Å². The maximum Gasteiger partial charge on any atom is 4.00 e. The minimum Gasteiger partial charge on any atom is -0.875 e. The Morgan fingerprint density at radius 1 is 0.264 bits per heavy atom. The van der Waals surface area contributed by atoms with E-state index in [-0.39, 0.29) is 72.0 Å². The Bertz CT molecular complexity index is 1110. The van der Waals surface area contributed by atoms with Gasteiger partial charge in [-0.1, -0.05) is 166 Å². The van der Waals surface area contributed by atoms with E-state index in [4.69, 9.17) is 0 Å². The van der Waals surface area contributed by atoms with Crippen molar-refractivity contribution < 1.29 is 65.4 Å². The number of hydrogen-bond donors (Lipinski definition) is 0. The van der Waals surface area contributed by atoms with Crippen molar-refractivity contribution in [2.24, 2.45) is 43.3 Å². The summed E-state index contributed by atoms with van der Waals surface area (Å²) in [6.07, 6.45) is 4.89. The molecule has 0 aromatic heterocycles. The van der Waals surface area contributed by atoms with Crippen LogP contribution in [0.15, 0.2) is 47.3 Å². The van der Waals surface area contributed by atoms with Crippen LogP contribution >= 0.6 is 0 Å². The minimum absolute atomic E-state index is 0. The molecule has 0 aromatic carbocycles. The first-order chi connectivity index (χ1) is 22.2. The number of carbonyl (C=O) groups is 4. The maximum absolute atomic E-state index is 11.4. The summed E-state index contributed by atoms with van der Waals surface area (Å²) >= 11 is 0. The van der Waals surface area contributed by atoms with Crippen molar-refractivity contribution in [3.8, 4) is 0 Å². The topological polar surface area (TPSA) is 161 Å². The van der Waals surface area contributed by atoms with E-state index in [0.717, 1.165) is 0 Å². The summed E-state index contributed by atoms with van der Waals surface area (Å²) in [5, 5.41) is 45.8. The molecule has 0 unspecified atom stereocenters. The Balaban J connectivity index is -0.000000192. The summed E-state index contributed by atoms with van der Waals surface area (Å²) in [4.78, 5) is 45.8. The number of hydrogen-bond acceptors (Lipinski definition) is 8. The first-order valence-electron chi connectivity index (χ1n) is 17.9. The van der Waals surface area contributed by atoms with Gasteiger partial charge in [0.15, 0.2) is 23.1 Å². The van der Waals surface area contributed by atoms with Gasteiger partial charge in [0, 0.05) is 21.7 Å². The molecule has 0 rings (SSSR count). The van der Waals surface area contributed by atoms with Gasteiger partial charge in [0.2, 0.25) is 0 Å². The SMILES string of the molecule is CC(C)(C)C(=O)C=C([O-])C(C)(C)C.CC(C)(C)C(=O)C=C([O-])C(C)(C)C.CC(C)(C)C(=O)C=C([O-])C(C)(C)C.CC(C)(C)C(=O)C=C([O-])C(C)(C)C.[Hf+4]. The van der Waals surface area contributed by atoms with Crippen LogP contribution in [0.3, 0.4) is 0 Å². The molecule has 0 spiro atoms.